The highest BCUT2D eigenvalue weighted by Crippen LogP contribution is 2.34. The van der Waals surface area contributed by atoms with E-state index >= 15 is 0 Å². The topological polar surface area (TPSA) is 193 Å². The molecule has 4 amide bonds. The van der Waals surface area contributed by atoms with Crippen molar-refractivity contribution in [3.63, 3.8) is 0 Å². The highest BCUT2D eigenvalue weighted by Gasteiger charge is 2.44. The normalized spacial score (nSPS) is 24.2. The maximum Gasteiger partial charge on any atom is 0.304 e. The van der Waals surface area contributed by atoms with E-state index in [1.165, 1.54) is 12.1 Å². The van der Waals surface area contributed by atoms with E-state index in [1.807, 2.05) is 43.5 Å². The summed E-state index contributed by atoms with van der Waals surface area (Å²) < 4.78 is 2.10. The number of aromatic nitrogens is 1. The number of rotatable bonds is 7. The monoisotopic (exact) mass is 671 g/mol. The molecule has 260 valence electrons. The van der Waals surface area contributed by atoms with Crippen LogP contribution in [0.3, 0.4) is 0 Å². The van der Waals surface area contributed by atoms with E-state index in [0.717, 1.165) is 22.9 Å². The number of nitrogens with zero attached hydrogens (tertiary/aromatic N) is 1. The fraction of sp³-hybridized carbons (Fsp3) is 0.432. The summed E-state index contributed by atoms with van der Waals surface area (Å²) in [7, 11) is 0. The van der Waals surface area contributed by atoms with Crippen LogP contribution in [0.2, 0.25) is 0 Å². The van der Waals surface area contributed by atoms with Gasteiger partial charge in [0.25, 0.3) is 0 Å². The molecule has 3 aromatic rings. The summed E-state index contributed by atoms with van der Waals surface area (Å²) in [6, 6.07) is 13.2. The Bertz CT molecular complexity index is 1720. The molecular weight excluding hydrogens is 626 g/mol. The molecule has 5 rings (SSSR count). The van der Waals surface area contributed by atoms with Crippen molar-refractivity contribution in [1.82, 2.24) is 20.5 Å². The molecule has 4 atom stereocenters. The molecule has 1 fully saturated rings. The molecule has 2 heterocycles. The first kappa shape index (κ1) is 35.2. The van der Waals surface area contributed by atoms with Crippen LogP contribution in [0.1, 0.15) is 68.4 Å². The molecule has 0 unspecified atom stereocenters. The molecule has 0 saturated heterocycles. The van der Waals surface area contributed by atoms with Crippen molar-refractivity contribution < 1.29 is 34.2 Å². The lowest BCUT2D eigenvalue weighted by Crippen LogP contribution is -2.64. The number of allylic oxidation sites excluding steroid dienone is 2. The fourth-order valence-electron chi connectivity index (χ4n) is 7.11. The number of benzene rings is 2. The predicted molar refractivity (Wildman–Crippen MR) is 183 cm³/mol. The molecule has 2 aliphatic rings. The number of amides is 4. The van der Waals surface area contributed by atoms with Crippen LogP contribution in [-0.2, 0) is 30.5 Å². The summed E-state index contributed by atoms with van der Waals surface area (Å²) in [6.45, 7) is 2.73. The molecule has 1 spiro atoms. The quantitative estimate of drug-likeness (QED) is 0.207. The van der Waals surface area contributed by atoms with Crippen molar-refractivity contribution in [2.24, 2.45) is 17.6 Å². The maximum absolute atomic E-state index is 14.2. The van der Waals surface area contributed by atoms with Gasteiger partial charge in [-0.1, -0.05) is 55.2 Å². The number of nitrogens with one attached hydrogen (secondary N) is 3. The minimum Gasteiger partial charge on any atom is -0.508 e. The van der Waals surface area contributed by atoms with Crippen molar-refractivity contribution in [1.29, 1.82) is 0 Å². The number of nitrogens with two attached hydrogens (primary N) is 1. The van der Waals surface area contributed by atoms with Crippen molar-refractivity contribution in [3.8, 4) is 5.75 Å². The number of primary amides is 1. The Morgan fingerprint density at radius 2 is 1.71 bits per heavy atom. The summed E-state index contributed by atoms with van der Waals surface area (Å²) in [6.07, 6.45) is 7.84. The minimum atomic E-state index is -1.41. The van der Waals surface area contributed by atoms with Crippen LogP contribution in [0.25, 0.3) is 10.9 Å². The van der Waals surface area contributed by atoms with Gasteiger partial charge in [0.15, 0.2) is 0 Å². The van der Waals surface area contributed by atoms with Crippen LogP contribution in [-0.4, -0.2) is 62.5 Å². The van der Waals surface area contributed by atoms with Gasteiger partial charge in [0.05, 0.1) is 18.8 Å². The number of phenols is 1. The van der Waals surface area contributed by atoms with Crippen LogP contribution in [0.4, 0.5) is 0 Å². The minimum absolute atomic E-state index is 0.0254. The van der Waals surface area contributed by atoms with E-state index in [1.54, 1.807) is 12.1 Å². The van der Waals surface area contributed by atoms with Gasteiger partial charge in [-0.15, -0.1) is 0 Å². The lowest BCUT2D eigenvalue weighted by atomic mass is 9.78. The molecule has 12 heteroatoms. The SMILES string of the molecule is Cc1ccc2c(ccn2C[C@@H]2C/C=C/[C@H](c3ccc(O)cc3)[C@H](CC(=O)O)C(=O)NC3(CCCCC3)C(=O)N[C@@H](CC(N)=O)C(=O)NC2)c1. The number of fused-ring (bicyclic) bond motifs is 1. The second-order valence-electron chi connectivity index (χ2n) is 13.5. The third kappa shape index (κ3) is 8.67. The number of carboxylic acids is 1. The summed E-state index contributed by atoms with van der Waals surface area (Å²) in [5.74, 6) is -5.71. The molecule has 7 N–H and O–H groups in total. The number of aryl methyl sites for hydroxylation is 1. The number of hydrogen-bond acceptors (Lipinski definition) is 6. The third-order valence-corrected chi connectivity index (χ3v) is 9.73. The van der Waals surface area contributed by atoms with Crippen LogP contribution in [0, 0.1) is 18.8 Å². The van der Waals surface area contributed by atoms with E-state index in [4.69, 9.17) is 5.73 Å². The smallest absolute Gasteiger partial charge is 0.304 e. The number of carbonyl (C=O) groups excluding carboxylic acids is 4. The van der Waals surface area contributed by atoms with Gasteiger partial charge in [-0.2, -0.15) is 0 Å². The van der Waals surface area contributed by atoms with Crippen molar-refractivity contribution in [2.45, 2.75) is 82.3 Å². The average Bonchev–Trinajstić information content (AvgIpc) is 3.45. The summed E-state index contributed by atoms with van der Waals surface area (Å²) in [5, 5.41) is 29.6. The maximum atomic E-state index is 14.2. The number of aliphatic carboxylic acids is 1. The molecule has 2 aromatic carbocycles. The van der Waals surface area contributed by atoms with Crippen LogP contribution < -0.4 is 21.7 Å². The zero-order valence-electron chi connectivity index (χ0n) is 27.7. The molecular formula is C37H45N5O7. The molecule has 12 nitrogen and oxygen atoms in total. The summed E-state index contributed by atoms with van der Waals surface area (Å²) in [5.41, 5.74) is 6.87. The van der Waals surface area contributed by atoms with Gasteiger partial charge in [-0.25, -0.2) is 0 Å². The Hall–Kier alpha value is -5.13. The largest absolute Gasteiger partial charge is 0.508 e. The Kier molecular flexibility index (Phi) is 11.1. The van der Waals surface area contributed by atoms with Crippen molar-refractivity contribution in [3.05, 3.63) is 78.0 Å². The van der Waals surface area contributed by atoms with Gasteiger partial charge >= 0.3 is 5.97 Å². The first-order valence-corrected chi connectivity index (χ1v) is 16.9. The van der Waals surface area contributed by atoms with Gasteiger partial charge in [-0.3, -0.25) is 24.0 Å². The van der Waals surface area contributed by atoms with Gasteiger partial charge < -0.3 is 36.5 Å². The van der Waals surface area contributed by atoms with E-state index in [9.17, 15) is 34.2 Å². The molecule has 49 heavy (non-hydrogen) atoms. The average molecular weight is 672 g/mol. The highest BCUT2D eigenvalue weighted by molar-refractivity contribution is 5.97. The van der Waals surface area contributed by atoms with Gasteiger partial charge in [0.1, 0.15) is 17.3 Å². The van der Waals surface area contributed by atoms with Gasteiger partial charge in [0.2, 0.25) is 23.6 Å². The number of carboxylic acid groups (broad SMARTS) is 1. The second kappa shape index (κ2) is 15.4. The number of aromatic hydroxyl groups is 1. The van der Waals surface area contributed by atoms with Crippen LogP contribution in [0.5, 0.6) is 5.75 Å². The lowest BCUT2D eigenvalue weighted by Gasteiger charge is -2.39. The van der Waals surface area contributed by atoms with Crippen LogP contribution >= 0.6 is 0 Å². The summed E-state index contributed by atoms with van der Waals surface area (Å²) in [4.78, 5) is 66.1. The van der Waals surface area contributed by atoms with Crippen molar-refractivity contribution >= 4 is 40.5 Å². The van der Waals surface area contributed by atoms with Gasteiger partial charge in [0, 0.05) is 30.7 Å². The Morgan fingerprint density at radius 3 is 2.41 bits per heavy atom. The molecule has 1 aromatic heterocycles. The Balaban J connectivity index is 1.56. The number of hydrogen-bond donors (Lipinski definition) is 6. The molecule has 0 radical (unpaired) electrons. The second-order valence-corrected chi connectivity index (χ2v) is 13.5. The lowest BCUT2D eigenvalue weighted by molar-refractivity contribution is -0.143. The fourth-order valence-corrected chi connectivity index (χ4v) is 7.11. The Labute approximate surface area is 285 Å². The molecule has 0 bridgehead atoms. The predicted octanol–water partition coefficient (Wildman–Crippen LogP) is 3.40. The zero-order chi connectivity index (χ0) is 35.1. The van der Waals surface area contributed by atoms with E-state index in [-0.39, 0.29) is 31.1 Å². The van der Waals surface area contributed by atoms with Gasteiger partial charge in [-0.05, 0) is 73.4 Å². The van der Waals surface area contributed by atoms with Crippen LogP contribution in [0.15, 0.2) is 66.9 Å². The molecule has 1 saturated carbocycles. The Morgan fingerprint density at radius 1 is 0.980 bits per heavy atom. The standard InChI is InChI=1S/C37H45N5O7/c1-23-8-13-31-26(18-23)14-17-42(31)22-24-6-5-7-28(25-9-11-27(43)12-10-25)29(19-33(45)46)34(47)41-37(15-3-2-4-16-37)36(49)40-30(20-32(38)44)35(48)39-21-24/h5,7-14,17-18,24,28-30,43H,2-4,6,15-16,19-22H2,1H3,(H2,38,44)(H,39,48)(H,40,49)(H,41,47)(H,45,46)/b7-5+/t24-,28-,29+,30+/m1/s1. The number of carbonyl (C=O) groups is 5. The first-order valence-electron chi connectivity index (χ1n) is 16.9. The summed E-state index contributed by atoms with van der Waals surface area (Å²) >= 11 is 0. The highest BCUT2D eigenvalue weighted by atomic mass is 16.4. The van der Waals surface area contributed by atoms with E-state index in [0.29, 0.717) is 31.4 Å². The molecule has 1 aliphatic carbocycles. The van der Waals surface area contributed by atoms with E-state index in [2.05, 4.69) is 26.6 Å². The first-order chi connectivity index (χ1) is 23.4. The van der Waals surface area contributed by atoms with Crippen molar-refractivity contribution in [2.75, 3.05) is 6.54 Å². The van der Waals surface area contributed by atoms with E-state index < -0.39 is 65.9 Å². The number of phenolic OH excluding ortho intramolecular Hbond substituents is 1. The molecule has 1 aliphatic heterocycles. The third-order valence-electron chi connectivity index (χ3n) is 9.73. The zero-order valence-corrected chi connectivity index (χ0v) is 27.7.